The van der Waals surface area contributed by atoms with Crippen molar-refractivity contribution >= 4 is 0 Å². The van der Waals surface area contributed by atoms with Gasteiger partial charge in [0.1, 0.15) is 5.76 Å². The fourth-order valence-electron chi connectivity index (χ4n) is 5.29. The second-order valence-corrected chi connectivity index (χ2v) is 8.64. The van der Waals surface area contributed by atoms with Gasteiger partial charge in [-0.2, -0.15) is 0 Å². The highest BCUT2D eigenvalue weighted by molar-refractivity contribution is 5.46. The van der Waals surface area contributed by atoms with Gasteiger partial charge in [-0.25, -0.2) is 0 Å². The van der Waals surface area contributed by atoms with Gasteiger partial charge in [-0.3, -0.25) is 0 Å². The first-order chi connectivity index (χ1) is 10.2. The second kappa shape index (κ2) is 4.99. The highest BCUT2D eigenvalue weighted by Crippen LogP contribution is 2.60. The first-order valence-corrected chi connectivity index (χ1v) is 8.70. The molecule has 0 saturated heterocycles. The molecule has 0 amide bonds. The van der Waals surface area contributed by atoms with Crippen LogP contribution < -0.4 is 0 Å². The molecule has 0 aromatic heterocycles. The van der Waals surface area contributed by atoms with E-state index in [0.717, 1.165) is 24.8 Å². The molecule has 0 bridgehead atoms. The standard InChI is InChI=1S/C20H30O2/c1-12(2)17-14(21)8-7-13-18(17)15(22)11-16-19(3,4)9-6-10-20(13,16)5/h6,10-14,17,21-22H,7-9H2,1-5H3/t13-,14?,17?,20+/m0/s1. The number of hydrogen-bond acceptors (Lipinski definition) is 2. The zero-order valence-corrected chi connectivity index (χ0v) is 14.6. The van der Waals surface area contributed by atoms with Crippen molar-refractivity contribution in [2.24, 2.45) is 28.6 Å². The Morgan fingerprint density at radius 1 is 1.18 bits per heavy atom. The van der Waals surface area contributed by atoms with Gasteiger partial charge in [-0.05, 0) is 48.2 Å². The van der Waals surface area contributed by atoms with Crippen LogP contribution in [0.2, 0.25) is 0 Å². The van der Waals surface area contributed by atoms with Gasteiger partial charge < -0.3 is 10.2 Å². The van der Waals surface area contributed by atoms with E-state index in [9.17, 15) is 10.2 Å². The van der Waals surface area contributed by atoms with E-state index >= 15 is 0 Å². The summed E-state index contributed by atoms with van der Waals surface area (Å²) in [5.74, 6) is 1.17. The van der Waals surface area contributed by atoms with E-state index in [2.05, 4.69) is 46.8 Å². The third-order valence-electron chi connectivity index (χ3n) is 6.32. The van der Waals surface area contributed by atoms with Crippen molar-refractivity contribution in [2.45, 2.75) is 60.0 Å². The molecule has 0 spiro atoms. The van der Waals surface area contributed by atoms with Gasteiger partial charge in [0.15, 0.2) is 0 Å². The highest BCUT2D eigenvalue weighted by atomic mass is 16.3. The molecule has 2 heteroatoms. The van der Waals surface area contributed by atoms with Crippen LogP contribution in [0.1, 0.15) is 53.9 Å². The van der Waals surface area contributed by atoms with Gasteiger partial charge >= 0.3 is 0 Å². The van der Waals surface area contributed by atoms with Crippen LogP contribution in [-0.2, 0) is 0 Å². The first-order valence-electron chi connectivity index (χ1n) is 8.70. The molecule has 1 saturated carbocycles. The maximum atomic E-state index is 10.8. The van der Waals surface area contributed by atoms with Crippen molar-refractivity contribution in [3.05, 3.63) is 35.1 Å². The summed E-state index contributed by atoms with van der Waals surface area (Å²) < 4.78 is 0. The monoisotopic (exact) mass is 302 g/mol. The number of allylic oxidation sites excluding steroid dienone is 4. The van der Waals surface area contributed by atoms with Crippen molar-refractivity contribution < 1.29 is 10.2 Å². The smallest absolute Gasteiger partial charge is 0.115 e. The summed E-state index contributed by atoms with van der Waals surface area (Å²) in [5.41, 5.74) is 2.53. The fraction of sp³-hybridized carbons (Fsp3) is 0.700. The molecule has 2 unspecified atom stereocenters. The zero-order valence-electron chi connectivity index (χ0n) is 14.6. The first kappa shape index (κ1) is 15.9. The van der Waals surface area contributed by atoms with Crippen molar-refractivity contribution in [3.8, 4) is 0 Å². The van der Waals surface area contributed by atoms with E-state index in [1.54, 1.807) is 0 Å². The van der Waals surface area contributed by atoms with Crippen LogP contribution in [-0.4, -0.2) is 16.3 Å². The van der Waals surface area contributed by atoms with Gasteiger partial charge in [0.25, 0.3) is 0 Å². The van der Waals surface area contributed by atoms with Gasteiger partial charge in [0, 0.05) is 11.3 Å². The topological polar surface area (TPSA) is 40.5 Å². The predicted molar refractivity (Wildman–Crippen MR) is 90.4 cm³/mol. The Bertz CT molecular complexity index is 564. The van der Waals surface area contributed by atoms with Crippen LogP contribution >= 0.6 is 0 Å². The third kappa shape index (κ3) is 2.11. The average molecular weight is 302 g/mol. The van der Waals surface area contributed by atoms with Gasteiger partial charge in [0.2, 0.25) is 0 Å². The van der Waals surface area contributed by atoms with Crippen LogP contribution in [0, 0.1) is 28.6 Å². The molecule has 0 radical (unpaired) electrons. The molecule has 3 rings (SSSR count). The molecule has 0 aromatic rings. The molecule has 22 heavy (non-hydrogen) atoms. The highest BCUT2D eigenvalue weighted by Gasteiger charge is 2.52. The lowest BCUT2D eigenvalue weighted by molar-refractivity contribution is 0.0397. The van der Waals surface area contributed by atoms with Crippen LogP contribution in [0.15, 0.2) is 35.1 Å². The average Bonchev–Trinajstić information content (AvgIpc) is 2.40. The summed E-state index contributed by atoms with van der Waals surface area (Å²) in [7, 11) is 0. The van der Waals surface area contributed by atoms with E-state index in [4.69, 9.17) is 0 Å². The molecular weight excluding hydrogens is 272 g/mol. The largest absolute Gasteiger partial charge is 0.508 e. The number of aliphatic hydroxyl groups is 2. The van der Waals surface area contributed by atoms with Crippen molar-refractivity contribution in [1.82, 2.24) is 0 Å². The maximum Gasteiger partial charge on any atom is 0.115 e. The number of rotatable bonds is 1. The lowest BCUT2D eigenvalue weighted by Crippen LogP contribution is -2.46. The summed E-state index contributed by atoms with van der Waals surface area (Å²) in [5, 5.41) is 21.3. The fourth-order valence-corrected chi connectivity index (χ4v) is 5.29. The Morgan fingerprint density at radius 3 is 2.50 bits per heavy atom. The Balaban J connectivity index is 2.18. The maximum absolute atomic E-state index is 10.8. The van der Waals surface area contributed by atoms with E-state index in [1.807, 2.05) is 6.08 Å². The minimum atomic E-state index is -0.326. The Hall–Kier alpha value is -1.02. The molecule has 3 aliphatic rings. The predicted octanol–water partition coefficient (Wildman–Crippen LogP) is 4.77. The summed E-state index contributed by atoms with van der Waals surface area (Å²) in [4.78, 5) is 0. The van der Waals surface area contributed by atoms with Crippen molar-refractivity contribution in [1.29, 1.82) is 0 Å². The number of hydrogen-bond donors (Lipinski definition) is 2. The normalized spacial score (nSPS) is 40.3. The molecule has 4 atom stereocenters. The summed E-state index contributed by atoms with van der Waals surface area (Å²) in [6, 6.07) is 0. The third-order valence-corrected chi connectivity index (χ3v) is 6.32. The quantitative estimate of drug-likeness (QED) is 0.685. The number of aliphatic hydroxyl groups excluding tert-OH is 2. The van der Waals surface area contributed by atoms with Crippen LogP contribution in [0.4, 0.5) is 0 Å². The summed E-state index contributed by atoms with van der Waals surface area (Å²) in [6.45, 7) is 11.2. The Labute approximate surface area is 134 Å². The molecule has 3 aliphatic carbocycles. The summed E-state index contributed by atoms with van der Waals surface area (Å²) >= 11 is 0. The van der Waals surface area contributed by atoms with Crippen molar-refractivity contribution in [3.63, 3.8) is 0 Å². The van der Waals surface area contributed by atoms with E-state index in [0.29, 0.717) is 17.6 Å². The molecule has 2 N–H and O–H groups in total. The van der Waals surface area contributed by atoms with Crippen LogP contribution in [0.5, 0.6) is 0 Å². The molecule has 1 fully saturated rings. The van der Waals surface area contributed by atoms with Crippen LogP contribution in [0.25, 0.3) is 0 Å². The van der Waals surface area contributed by atoms with Gasteiger partial charge in [-0.1, -0.05) is 52.3 Å². The molecular formula is C20H30O2. The number of fused-ring (bicyclic) bond motifs is 3. The molecule has 0 aliphatic heterocycles. The molecule has 0 aromatic carbocycles. The van der Waals surface area contributed by atoms with E-state index in [1.165, 1.54) is 5.57 Å². The minimum Gasteiger partial charge on any atom is -0.508 e. The van der Waals surface area contributed by atoms with Gasteiger partial charge in [0.05, 0.1) is 6.10 Å². The van der Waals surface area contributed by atoms with Crippen LogP contribution in [0.3, 0.4) is 0 Å². The molecule has 2 nitrogen and oxygen atoms in total. The minimum absolute atomic E-state index is 0.0173. The van der Waals surface area contributed by atoms with E-state index < -0.39 is 0 Å². The van der Waals surface area contributed by atoms with Crippen molar-refractivity contribution in [2.75, 3.05) is 0 Å². The second-order valence-electron chi connectivity index (χ2n) is 8.64. The Morgan fingerprint density at radius 2 is 1.86 bits per heavy atom. The lowest BCUT2D eigenvalue weighted by atomic mass is 9.51. The Kier molecular flexibility index (Phi) is 3.60. The SMILES string of the molecule is CC(C)C1C2=C(O)C=C3C(C)(C)CC=C[C@]3(C)[C@H]2CCC1O. The zero-order chi connectivity index (χ0) is 16.3. The molecule has 122 valence electrons. The summed E-state index contributed by atoms with van der Waals surface area (Å²) in [6.07, 6.45) is 9.18. The van der Waals surface area contributed by atoms with Gasteiger partial charge in [-0.15, -0.1) is 0 Å². The van der Waals surface area contributed by atoms with E-state index in [-0.39, 0.29) is 22.9 Å². The molecule has 0 heterocycles. The lowest BCUT2D eigenvalue weighted by Gasteiger charge is -2.53.